The fourth-order valence-corrected chi connectivity index (χ4v) is 3.10. The molecule has 0 bridgehead atoms. The fraction of sp³-hybridized carbons (Fsp3) is 0.250. The Balaban J connectivity index is 1.59. The zero-order valence-corrected chi connectivity index (χ0v) is 17.2. The van der Waals surface area contributed by atoms with Gasteiger partial charge in [-0.3, -0.25) is 0 Å². The van der Waals surface area contributed by atoms with Crippen molar-refractivity contribution in [2.24, 2.45) is 0 Å². The summed E-state index contributed by atoms with van der Waals surface area (Å²) in [6, 6.07) is 10.1. The van der Waals surface area contributed by atoms with E-state index in [1.54, 1.807) is 36.4 Å². The van der Waals surface area contributed by atoms with E-state index in [9.17, 15) is 4.57 Å². The van der Waals surface area contributed by atoms with Crippen LogP contribution in [0.1, 0.15) is 11.1 Å². The summed E-state index contributed by atoms with van der Waals surface area (Å²) in [6.45, 7) is -0.0795. The maximum Gasteiger partial charge on any atom is 0.702 e. The highest BCUT2D eigenvalue weighted by Crippen LogP contribution is 2.26. The number of halogens is 4. The topological polar surface area (TPSA) is 54.0 Å². The van der Waals surface area contributed by atoms with E-state index >= 15 is 0 Å². The van der Waals surface area contributed by atoms with E-state index in [0.29, 0.717) is 20.1 Å². The highest BCUT2D eigenvalue weighted by Gasteiger charge is 2.20. The molecule has 0 aromatic heterocycles. The zero-order chi connectivity index (χ0) is 18.9. The average molecular weight is 459 g/mol. The van der Waals surface area contributed by atoms with Crippen molar-refractivity contribution in [1.29, 1.82) is 0 Å². The van der Waals surface area contributed by atoms with Crippen molar-refractivity contribution in [3.05, 3.63) is 67.6 Å². The predicted molar refractivity (Wildman–Crippen MR) is 102 cm³/mol. The average Bonchev–Trinajstić information content (AvgIpc) is 2.58. The fourth-order valence-electron chi connectivity index (χ4n) is 1.78. The van der Waals surface area contributed by atoms with Gasteiger partial charge < -0.3 is 9.47 Å². The van der Waals surface area contributed by atoms with Crippen LogP contribution in [0.3, 0.4) is 0 Å². The molecule has 2 aromatic rings. The molecule has 0 saturated heterocycles. The molecule has 2 aromatic carbocycles. The second kappa shape index (κ2) is 11.4. The molecular formula is C16H14Cl4O5P+. The van der Waals surface area contributed by atoms with E-state index in [2.05, 4.69) is 0 Å². The Bertz CT molecular complexity index is 698. The Hall–Kier alpha value is -0.460. The summed E-state index contributed by atoms with van der Waals surface area (Å²) < 4.78 is 31.8. The first-order chi connectivity index (χ1) is 12.5. The number of hydrogen-bond acceptors (Lipinski definition) is 5. The molecule has 5 nitrogen and oxygen atoms in total. The van der Waals surface area contributed by atoms with Crippen LogP contribution in [-0.4, -0.2) is 13.6 Å². The van der Waals surface area contributed by atoms with Crippen molar-refractivity contribution >= 4 is 54.7 Å². The van der Waals surface area contributed by atoms with E-state index in [1.807, 2.05) is 0 Å². The number of hydrogen-bond donors (Lipinski definition) is 0. The second-order valence-corrected chi connectivity index (χ2v) is 7.54. The Morgan fingerprint density at radius 2 is 1.15 bits per heavy atom. The van der Waals surface area contributed by atoms with Gasteiger partial charge >= 0.3 is 8.25 Å². The van der Waals surface area contributed by atoms with Crippen LogP contribution in [0, 0.1) is 0 Å². The van der Waals surface area contributed by atoms with Crippen LogP contribution in [0.2, 0.25) is 20.1 Å². The summed E-state index contributed by atoms with van der Waals surface area (Å²) in [5.41, 5.74) is 1.47. The van der Waals surface area contributed by atoms with Crippen LogP contribution < -0.4 is 0 Å². The molecule has 0 aliphatic heterocycles. The maximum atomic E-state index is 11.5. The van der Waals surface area contributed by atoms with Crippen molar-refractivity contribution in [3.63, 3.8) is 0 Å². The predicted octanol–water partition coefficient (Wildman–Crippen LogP) is 6.64. The summed E-state index contributed by atoms with van der Waals surface area (Å²) in [4.78, 5) is 0. The monoisotopic (exact) mass is 457 g/mol. The van der Waals surface area contributed by atoms with Crippen LogP contribution in [0.4, 0.5) is 0 Å². The largest absolute Gasteiger partial charge is 0.702 e. The first-order valence-electron chi connectivity index (χ1n) is 7.22. The lowest BCUT2D eigenvalue weighted by molar-refractivity contribution is -0.0270. The van der Waals surface area contributed by atoms with Gasteiger partial charge in [-0.25, -0.2) is 0 Å². The van der Waals surface area contributed by atoms with Crippen molar-refractivity contribution < 1.29 is 23.1 Å². The van der Waals surface area contributed by atoms with Gasteiger partial charge in [0.1, 0.15) is 0 Å². The lowest BCUT2D eigenvalue weighted by Crippen LogP contribution is -2.00. The van der Waals surface area contributed by atoms with Gasteiger partial charge in [0.05, 0.1) is 13.2 Å². The number of ether oxygens (including phenoxy) is 2. The van der Waals surface area contributed by atoms with Crippen LogP contribution in [-0.2, 0) is 36.3 Å². The van der Waals surface area contributed by atoms with Crippen molar-refractivity contribution in [1.82, 2.24) is 0 Å². The van der Waals surface area contributed by atoms with Crippen molar-refractivity contribution in [3.8, 4) is 0 Å². The van der Waals surface area contributed by atoms with E-state index in [0.717, 1.165) is 11.1 Å². The van der Waals surface area contributed by atoms with Gasteiger partial charge in [0.15, 0.2) is 0 Å². The molecule has 0 spiro atoms. The van der Waals surface area contributed by atoms with Gasteiger partial charge in [-0.1, -0.05) is 67.6 Å². The lowest BCUT2D eigenvalue weighted by Gasteiger charge is -2.04. The highest BCUT2D eigenvalue weighted by molar-refractivity contribution is 7.33. The molecule has 0 aliphatic carbocycles. The van der Waals surface area contributed by atoms with Gasteiger partial charge in [0, 0.05) is 24.7 Å². The SMILES string of the molecule is O=[P+](OCOCc1ccc(Cl)cc1Cl)OCOCc1ccc(Cl)cc1Cl. The Morgan fingerprint density at radius 1 is 0.731 bits per heavy atom. The quantitative estimate of drug-likeness (QED) is 0.227. The second-order valence-electron chi connectivity index (χ2n) is 4.89. The molecule has 2 rings (SSSR count). The summed E-state index contributed by atoms with van der Waals surface area (Å²) in [5.74, 6) is 0. The molecule has 140 valence electrons. The third-order valence-corrected chi connectivity index (χ3v) is 4.83. The Labute approximate surface area is 171 Å². The lowest BCUT2D eigenvalue weighted by atomic mass is 10.2. The summed E-state index contributed by atoms with van der Waals surface area (Å²) >= 11 is 23.6. The minimum absolute atomic E-state index is 0.185. The van der Waals surface area contributed by atoms with Crippen LogP contribution >= 0.6 is 54.7 Å². The number of rotatable bonds is 10. The summed E-state index contributed by atoms with van der Waals surface area (Å²) in [7, 11) is -2.38. The van der Waals surface area contributed by atoms with E-state index < -0.39 is 8.25 Å². The smallest absolute Gasteiger partial charge is 0.346 e. The normalized spacial score (nSPS) is 10.9. The summed E-state index contributed by atoms with van der Waals surface area (Å²) in [5, 5.41) is 2.03. The van der Waals surface area contributed by atoms with Crippen molar-refractivity contribution in [2.45, 2.75) is 13.2 Å². The van der Waals surface area contributed by atoms with Crippen LogP contribution in [0.25, 0.3) is 0 Å². The third-order valence-electron chi connectivity index (χ3n) is 3.03. The summed E-state index contributed by atoms with van der Waals surface area (Å²) in [6.07, 6.45) is 0. The van der Waals surface area contributed by atoms with Crippen molar-refractivity contribution in [2.75, 3.05) is 13.6 Å². The molecule has 0 N–H and O–H groups in total. The van der Waals surface area contributed by atoms with Crippen LogP contribution in [0.5, 0.6) is 0 Å². The standard InChI is InChI=1S/C16H14Cl4O5P/c17-13-3-1-11(15(19)5-13)7-22-9-24-26(21)25-10-23-8-12-2-4-14(18)6-16(12)20/h1-6H,7-10H2/q+1. The van der Waals surface area contributed by atoms with Gasteiger partial charge in [-0.15, -0.1) is 0 Å². The molecule has 0 saturated carbocycles. The molecule has 10 heteroatoms. The molecule has 0 amide bonds. The minimum Gasteiger partial charge on any atom is -0.346 e. The van der Waals surface area contributed by atoms with Gasteiger partial charge in [0.2, 0.25) is 13.6 Å². The molecule has 0 atom stereocenters. The Kier molecular flexibility index (Phi) is 9.57. The zero-order valence-electron chi connectivity index (χ0n) is 13.3. The van der Waals surface area contributed by atoms with E-state index in [-0.39, 0.29) is 26.8 Å². The minimum atomic E-state index is -2.38. The molecular weight excluding hydrogens is 445 g/mol. The number of benzene rings is 2. The highest BCUT2D eigenvalue weighted by atomic mass is 35.5. The van der Waals surface area contributed by atoms with Crippen LogP contribution in [0.15, 0.2) is 36.4 Å². The molecule has 0 heterocycles. The third kappa shape index (κ3) is 7.65. The molecule has 0 aliphatic rings. The van der Waals surface area contributed by atoms with E-state index in [4.69, 9.17) is 64.9 Å². The van der Waals surface area contributed by atoms with E-state index in [1.165, 1.54) is 0 Å². The van der Waals surface area contributed by atoms with Gasteiger partial charge in [0.25, 0.3) is 0 Å². The van der Waals surface area contributed by atoms with Gasteiger partial charge in [-0.2, -0.15) is 0 Å². The molecule has 0 fully saturated rings. The Morgan fingerprint density at radius 3 is 1.54 bits per heavy atom. The first-order valence-corrected chi connectivity index (χ1v) is 9.83. The maximum absolute atomic E-state index is 11.5. The molecule has 26 heavy (non-hydrogen) atoms. The molecule has 0 unspecified atom stereocenters. The van der Waals surface area contributed by atoms with Gasteiger partial charge in [-0.05, 0) is 35.4 Å². The molecule has 0 radical (unpaired) electrons. The first kappa shape index (κ1) is 21.8.